The van der Waals surface area contributed by atoms with Crippen molar-refractivity contribution in [3.63, 3.8) is 0 Å². The van der Waals surface area contributed by atoms with Gasteiger partial charge in [0.05, 0.1) is 126 Å². The van der Waals surface area contributed by atoms with E-state index in [-0.39, 0.29) is 45.5 Å². The van der Waals surface area contributed by atoms with Crippen LogP contribution in [0.2, 0.25) is 20.1 Å². The van der Waals surface area contributed by atoms with E-state index in [1.54, 1.807) is 110 Å². The van der Waals surface area contributed by atoms with Gasteiger partial charge >= 0.3 is 5.97 Å². The molecule has 12 aromatic rings. The van der Waals surface area contributed by atoms with Crippen LogP contribution in [-0.2, 0) is 0 Å². The minimum atomic E-state index is -1.22. The Morgan fingerprint density at radius 1 is 0.467 bits per heavy atom. The van der Waals surface area contributed by atoms with Crippen molar-refractivity contribution in [3.05, 3.63) is 189 Å². The standard InChI is InChI=1S/2C27H28Cl2N6O3.C17H12F2N2O4.C3H5N3/c1-34(2)11-12-35(3)21-15-31-25-18(27(36)32-16-7-6-10-30-14-16)9-8-17(26(25)33-21)22-23(28)19(37-4)13-20(38-5)24(22)29;1-34(2)12-13-35(3)21-15-31-25-17(27(36)32-20-8-6-7-11-30-20)10-9-16(26(25)33-21)22-23(28)18(37-4)14-19(38-5)24(22)29;1-24-10-7-11(25-2)14(19)12(13(10)18)8-3-4-9(17(22)23)16-15(8)20-5-6-21-16;4-3-5-1-2-6-3/h6-10,13-15H,11-12H2,1-5H3,(H,32,36);6-11,14-15H,12-13H2,1-5H3,(H,30,32,36);3-7H,1-2H3,(H,22,23);1-2H,(H3,4,5,6). The zero-order chi connectivity index (χ0) is 77.3. The summed E-state index contributed by atoms with van der Waals surface area (Å²) in [6.07, 6.45) is 14.0. The number of ether oxygens (including phenoxy) is 6. The van der Waals surface area contributed by atoms with Gasteiger partial charge in [-0.3, -0.25) is 24.5 Å². The second-order valence-electron chi connectivity index (χ2n) is 23.5. The molecular weight excluding hydrogens is 1470 g/mol. The lowest BCUT2D eigenvalue weighted by Gasteiger charge is -2.21. The molecule has 0 saturated carbocycles. The van der Waals surface area contributed by atoms with Gasteiger partial charge in [-0.1, -0.05) is 70.7 Å². The molecule has 556 valence electrons. The first kappa shape index (κ1) is 79.5. The number of nitrogen functional groups attached to an aromatic ring is 1. The van der Waals surface area contributed by atoms with Crippen molar-refractivity contribution >= 4 is 126 Å². The Hall–Kier alpha value is -11.6. The first-order chi connectivity index (χ1) is 51.4. The van der Waals surface area contributed by atoms with Crippen molar-refractivity contribution in [1.29, 1.82) is 0 Å². The second kappa shape index (κ2) is 36.4. The summed E-state index contributed by atoms with van der Waals surface area (Å²) in [4.78, 5) is 87.8. The number of benzene rings is 6. The van der Waals surface area contributed by atoms with Gasteiger partial charge in [-0.25, -0.2) is 43.5 Å². The molecule has 0 saturated heterocycles. The summed E-state index contributed by atoms with van der Waals surface area (Å²) in [7, 11) is 20.4. The number of carbonyl (C=O) groups excluding carboxylic acids is 2. The molecule has 0 aliphatic rings. The minimum Gasteiger partial charge on any atom is -0.495 e. The molecule has 0 bridgehead atoms. The molecule has 27 nitrogen and oxygen atoms in total. The Bertz CT molecular complexity index is 4870. The fourth-order valence-corrected chi connectivity index (χ4v) is 12.0. The summed E-state index contributed by atoms with van der Waals surface area (Å²) in [5.41, 5.74) is 9.68. The van der Waals surface area contributed by atoms with E-state index in [2.05, 4.69) is 60.3 Å². The monoisotopic (exact) mass is 1540 g/mol. The van der Waals surface area contributed by atoms with Crippen molar-refractivity contribution in [2.75, 3.05) is 137 Å². The maximum Gasteiger partial charge on any atom is 0.337 e. The van der Waals surface area contributed by atoms with Crippen LogP contribution in [0.25, 0.3) is 66.5 Å². The Balaban J connectivity index is 0.000000181. The highest BCUT2D eigenvalue weighted by Gasteiger charge is 2.29. The van der Waals surface area contributed by atoms with E-state index >= 15 is 0 Å². The third-order valence-corrected chi connectivity index (χ3v) is 17.6. The smallest absolute Gasteiger partial charge is 0.337 e. The van der Waals surface area contributed by atoms with Crippen LogP contribution < -0.4 is 54.6 Å². The fourth-order valence-electron chi connectivity index (χ4n) is 10.6. The van der Waals surface area contributed by atoms with Crippen LogP contribution in [0, 0.1) is 11.6 Å². The fraction of sp³-hybridized carbons (Fsp3) is 0.216. The Kier molecular flexibility index (Phi) is 27.1. The number of anilines is 5. The molecule has 6 aromatic carbocycles. The Labute approximate surface area is 633 Å². The number of nitrogens with two attached hydrogens (primary N) is 1. The predicted octanol–water partition coefficient (Wildman–Crippen LogP) is 13.8. The third kappa shape index (κ3) is 18.4. The first-order valence-corrected chi connectivity index (χ1v) is 33.7. The van der Waals surface area contributed by atoms with E-state index in [0.717, 1.165) is 32.2 Å². The zero-order valence-electron chi connectivity index (χ0n) is 59.9. The Morgan fingerprint density at radius 3 is 1.30 bits per heavy atom. The molecule has 0 aliphatic carbocycles. The van der Waals surface area contributed by atoms with Gasteiger partial charge in [-0.15, -0.1) is 0 Å². The normalized spacial score (nSPS) is 10.8. The number of carboxylic acid groups (broad SMARTS) is 1. The van der Waals surface area contributed by atoms with E-state index in [1.807, 2.05) is 52.1 Å². The molecular formula is C74H73Cl4F2N17O10. The number of halogens is 6. The zero-order valence-corrected chi connectivity index (χ0v) is 62.9. The number of H-pyrrole nitrogens is 1. The number of amides is 2. The third-order valence-electron chi connectivity index (χ3n) is 16.1. The Morgan fingerprint density at radius 2 is 0.907 bits per heavy atom. The molecule has 6 N–H and O–H groups in total. The highest BCUT2D eigenvalue weighted by molar-refractivity contribution is 6.42. The van der Waals surface area contributed by atoms with E-state index in [9.17, 15) is 28.3 Å². The lowest BCUT2D eigenvalue weighted by molar-refractivity contribution is 0.0698. The second-order valence-corrected chi connectivity index (χ2v) is 25.0. The van der Waals surface area contributed by atoms with Crippen LogP contribution in [0.1, 0.15) is 31.1 Å². The van der Waals surface area contributed by atoms with Gasteiger partial charge < -0.3 is 74.5 Å². The summed E-state index contributed by atoms with van der Waals surface area (Å²) in [5, 5.41) is 16.1. The number of pyridine rings is 2. The summed E-state index contributed by atoms with van der Waals surface area (Å²) in [5.74, 6) is -0.558. The number of rotatable bonds is 22. The van der Waals surface area contributed by atoms with Crippen molar-refractivity contribution in [2.24, 2.45) is 0 Å². The van der Waals surface area contributed by atoms with E-state index in [4.69, 9.17) is 90.5 Å². The largest absolute Gasteiger partial charge is 0.495 e. The molecule has 0 radical (unpaired) electrons. The molecule has 0 aliphatic heterocycles. The van der Waals surface area contributed by atoms with Crippen molar-refractivity contribution in [1.82, 2.24) is 59.6 Å². The van der Waals surface area contributed by atoms with Gasteiger partial charge in [0.2, 0.25) is 0 Å². The molecule has 0 unspecified atom stereocenters. The summed E-state index contributed by atoms with van der Waals surface area (Å²) >= 11 is 27.0. The number of aromatic carboxylic acids is 1. The SMILES string of the molecule is COc1cc(OC)c(Cl)c(-c2ccc(C(=O)Nc3ccccn3)c3ncc(N(C)CCN(C)C)nc23)c1Cl.COc1cc(OC)c(Cl)c(-c2ccc(C(=O)Nc3cccnc3)c3ncc(N(C)CCN(C)C)nc23)c1Cl.COc1cc(OC)c(F)c(-c2ccc(C(=O)O)c3nccnc23)c1F.Nc1ncc[nH]1. The lowest BCUT2D eigenvalue weighted by Crippen LogP contribution is -2.29. The number of nitrogens with one attached hydrogen (secondary N) is 3. The average molecular weight is 1540 g/mol. The molecule has 2 amide bonds. The van der Waals surface area contributed by atoms with Gasteiger partial charge in [0.1, 0.15) is 57.0 Å². The van der Waals surface area contributed by atoms with Crippen LogP contribution in [0.5, 0.6) is 34.5 Å². The molecule has 6 heterocycles. The van der Waals surface area contributed by atoms with Gasteiger partial charge in [-0.2, -0.15) is 0 Å². The molecule has 0 fully saturated rings. The van der Waals surface area contributed by atoms with Crippen LogP contribution in [0.15, 0.2) is 141 Å². The number of fused-ring (bicyclic) bond motifs is 3. The van der Waals surface area contributed by atoms with Crippen LogP contribution in [-0.4, -0.2) is 194 Å². The van der Waals surface area contributed by atoms with Crippen LogP contribution >= 0.6 is 46.4 Å². The number of hydrogen-bond acceptors (Lipinski definition) is 23. The molecule has 0 spiro atoms. The summed E-state index contributed by atoms with van der Waals surface area (Å²) in [6, 6.07) is 22.5. The molecule has 6 aromatic heterocycles. The number of carboxylic acids is 1. The van der Waals surface area contributed by atoms with E-state index in [1.165, 1.54) is 67.2 Å². The van der Waals surface area contributed by atoms with Gasteiger partial charge in [0.25, 0.3) is 11.8 Å². The minimum absolute atomic E-state index is 0.0214. The van der Waals surface area contributed by atoms with E-state index < -0.39 is 23.2 Å². The number of likely N-dealkylation sites (N-methyl/N-ethyl adjacent to an activating group) is 4. The number of aromatic nitrogens is 10. The van der Waals surface area contributed by atoms with Crippen molar-refractivity contribution < 1.29 is 56.7 Å². The number of aromatic amines is 1. The van der Waals surface area contributed by atoms with Gasteiger partial charge in [-0.05, 0) is 70.7 Å². The van der Waals surface area contributed by atoms with Gasteiger partial charge in [0.15, 0.2) is 29.1 Å². The molecule has 33 heteroatoms. The number of imidazole rings is 1. The number of hydrogen-bond donors (Lipinski definition) is 5. The topological polar surface area (TPSA) is 322 Å². The molecule has 107 heavy (non-hydrogen) atoms. The highest BCUT2D eigenvalue weighted by atomic mass is 35.5. The van der Waals surface area contributed by atoms with E-state index in [0.29, 0.717) is 128 Å². The maximum absolute atomic E-state index is 14.7. The van der Waals surface area contributed by atoms with Crippen LogP contribution in [0.3, 0.4) is 0 Å². The number of carbonyl (C=O) groups is 3. The maximum atomic E-state index is 14.7. The average Bonchev–Trinajstić information content (AvgIpc) is 0.791. The predicted molar refractivity (Wildman–Crippen MR) is 412 cm³/mol. The summed E-state index contributed by atoms with van der Waals surface area (Å²) in [6.45, 7) is 3.08. The number of methoxy groups -OCH3 is 6. The molecule has 0 atom stereocenters. The summed E-state index contributed by atoms with van der Waals surface area (Å²) < 4.78 is 61.2. The first-order valence-electron chi connectivity index (χ1n) is 32.2. The molecule has 12 rings (SSSR count). The van der Waals surface area contributed by atoms with Crippen molar-refractivity contribution in [3.8, 4) is 67.9 Å². The van der Waals surface area contributed by atoms with Crippen LogP contribution in [0.4, 0.5) is 37.9 Å². The van der Waals surface area contributed by atoms with Gasteiger partial charge in [0, 0.05) is 123 Å². The lowest BCUT2D eigenvalue weighted by atomic mass is 9.99. The number of nitrogens with zero attached hydrogens (tertiary/aromatic N) is 13. The quantitative estimate of drug-likeness (QED) is 0.0421. The highest BCUT2D eigenvalue weighted by Crippen LogP contribution is 2.50. The van der Waals surface area contributed by atoms with Crippen molar-refractivity contribution in [2.45, 2.75) is 0 Å².